The Morgan fingerprint density at radius 3 is 2.48 bits per heavy atom. The number of aliphatic hydroxyl groups excluding tert-OH is 2. The molecule has 3 rings (SSSR count). The van der Waals surface area contributed by atoms with Gasteiger partial charge in [-0.1, -0.05) is 24.3 Å². The number of hydrogen-bond donors (Lipinski definition) is 3. The van der Waals surface area contributed by atoms with Gasteiger partial charge in [0, 0.05) is 12.8 Å². The molecule has 144 valence electrons. The number of aliphatic hydroxyl groups is 2. The van der Waals surface area contributed by atoms with Crippen LogP contribution in [0.3, 0.4) is 0 Å². The van der Waals surface area contributed by atoms with Gasteiger partial charge in [-0.2, -0.15) is 0 Å². The van der Waals surface area contributed by atoms with Gasteiger partial charge >= 0.3 is 5.97 Å². The van der Waals surface area contributed by atoms with E-state index in [1.165, 1.54) is 0 Å². The Labute approximate surface area is 158 Å². The molecule has 1 aliphatic heterocycles. The number of rotatable bonds is 6. The number of carboxylic acid groups (broad SMARTS) is 1. The van der Waals surface area contributed by atoms with Crippen molar-refractivity contribution in [3.05, 3.63) is 64.7 Å². The molecule has 0 unspecified atom stereocenters. The lowest BCUT2D eigenvalue weighted by molar-refractivity contribution is -0.114. The average molecular weight is 372 g/mol. The maximum absolute atomic E-state index is 11.7. The van der Waals surface area contributed by atoms with Gasteiger partial charge in [-0.3, -0.25) is 0 Å². The first-order chi connectivity index (χ1) is 13.0. The summed E-state index contributed by atoms with van der Waals surface area (Å²) < 4.78 is 11.0. The first-order valence-electron chi connectivity index (χ1n) is 8.93. The molecule has 6 nitrogen and oxygen atoms in total. The molecule has 0 amide bonds. The maximum atomic E-state index is 11.7. The molecule has 27 heavy (non-hydrogen) atoms. The van der Waals surface area contributed by atoms with Crippen LogP contribution in [0.2, 0.25) is 0 Å². The van der Waals surface area contributed by atoms with Crippen LogP contribution < -0.4 is 4.74 Å². The molecule has 1 fully saturated rings. The van der Waals surface area contributed by atoms with Crippen LogP contribution in [0.15, 0.2) is 42.5 Å². The highest BCUT2D eigenvalue weighted by atomic mass is 16.5. The zero-order valence-electron chi connectivity index (χ0n) is 15.2. The third-order valence-corrected chi connectivity index (χ3v) is 4.84. The van der Waals surface area contributed by atoms with Crippen LogP contribution >= 0.6 is 0 Å². The minimum Gasteiger partial charge on any atom is -0.497 e. The summed E-state index contributed by atoms with van der Waals surface area (Å²) in [4.78, 5) is 11.7. The highest BCUT2D eigenvalue weighted by Gasteiger charge is 2.31. The van der Waals surface area contributed by atoms with E-state index in [4.69, 9.17) is 9.47 Å². The predicted molar refractivity (Wildman–Crippen MR) is 99.1 cm³/mol. The second-order valence-electron chi connectivity index (χ2n) is 6.81. The lowest BCUT2D eigenvalue weighted by Gasteiger charge is -2.33. The zero-order chi connectivity index (χ0) is 19.4. The molecule has 0 bridgehead atoms. The van der Waals surface area contributed by atoms with Gasteiger partial charge in [0.15, 0.2) is 0 Å². The van der Waals surface area contributed by atoms with Crippen molar-refractivity contribution >= 4 is 5.97 Å². The minimum atomic E-state index is -1.04. The van der Waals surface area contributed by atoms with Crippen molar-refractivity contribution in [2.75, 3.05) is 13.7 Å². The van der Waals surface area contributed by atoms with E-state index in [1.54, 1.807) is 19.2 Å². The fraction of sp³-hybridized carbons (Fsp3) is 0.381. The van der Waals surface area contributed by atoms with Crippen LogP contribution in [0.1, 0.15) is 46.0 Å². The van der Waals surface area contributed by atoms with Gasteiger partial charge in [-0.15, -0.1) is 0 Å². The Morgan fingerprint density at radius 2 is 1.85 bits per heavy atom. The van der Waals surface area contributed by atoms with Crippen LogP contribution in [0.4, 0.5) is 0 Å². The van der Waals surface area contributed by atoms with Crippen LogP contribution in [0.5, 0.6) is 5.75 Å². The van der Waals surface area contributed by atoms with E-state index in [-0.39, 0.29) is 12.2 Å². The van der Waals surface area contributed by atoms with Crippen molar-refractivity contribution in [2.45, 2.75) is 37.6 Å². The smallest absolute Gasteiger partial charge is 0.336 e. The van der Waals surface area contributed by atoms with E-state index in [2.05, 4.69) is 0 Å². The summed E-state index contributed by atoms with van der Waals surface area (Å²) in [5.41, 5.74) is 2.71. The van der Waals surface area contributed by atoms with Crippen LogP contribution in [-0.4, -0.2) is 47.2 Å². The summed E-state index contributed by atoms with van der Waals surface area (Å²) in [6, 6.07) is 12.9. The molecule has 3 N–H and O–H groups in total. The number of carbonyl (C=O) groups is 1. The largest absolute Gasteiger partial charge is 0.497 e. The maximum Gasteiger partial charge on any atom is 0.336 e. The molecule has 3 atom stereocenters. The zero-order valence-corrected chi connectivity index (χ0v) is 15.2. The van der Waals surface area contributed by atoms with Crippen LogP contribution in [0, 0.1) is 0 Å². The lowest BCUT2D eigenvalue weighted by atomic mass is 9.91. The van der Waals surface area contributed by atoms with E-state index in [9.17, 15) is 20.1 Å². The Kier molecular flexibility index (Phi) is 6.11. The van der Waals surface area contributed by atoms with Gasteiger partial charge in [-0.05, 0) is 41.3 Å². The number of methoxy groups -OCH3 is 1. The van der Waals surface area contributed by atoms with Crippen molar-refractivity contribution < 1.29 is 29.6 Å². The number of hydrogen-bond acceptors (Lipinski definition) is 5. The van der Waals surface area contributed by atoms with Gasteiger partial charge in [-0.25, -0.2) is 4.79 Å². The first kappa shape index (κ1) is 19.4. The number of ether oxygens (including phenoxy) is 2. The van der Waals surface area contributed by atoms with Crippen LogP contribution in [-0.2, 0) is 11.2 Å². The molecule has 0 spiro atoms. The highest BCUT2D eigenvalue weighted by Crippen LogP contribution is 2.34. The Balaban J connectivity index is 1.89. The highest BCUT2D eigenvalue weighted by molar-refractivity contribution is 5.89. The summed E-state index contributed by atoms with van der Waals surface area (Å²) in [5, 5.41) is 29.0. The molecule has 0 aliphatic carbocycles. The lowest BCUT2D eigenvalue weighted by Crippen LogP contribution is -2.34. The molecular weight excluding hydrogens is 348 g/mol. The second-order valence-corrected chi connectivity index (χ2v) is 6.81. The van der Waals surface area contributed by atoms with Crippen LogP contribution in [0.25, 0.3) is 0 Å². The predicted octanol–water partition coefficient (Wildman–Crippen LogP) is 2.56. The number of aromatic carboxylic acids is 1. The molecule has 6 heteroatoms. The van der Waals surface area contributed by atoms with E-state index < -0.39 is 24.3 Å². The van der Waals surface area contributed by atoms with Gasteiger partial charge in [0.2, 0.25) is 0 Å². The van der Waals surface area contributed by atoms with Crippen molar-refractivity contribution in [3.63, 3.8) is 0 Å². The molecule has 2 aromatic rings. The molecule has 2 aromatic carbocycles. The Morgan fingerprint density at radius 1 is 1.15 bits per heavy atom. The molecule has 0 saturated carbocycles. The fourth-order valence-electron chi connectivity index (χ4n) is 3.47. The van der Waals surface area contributed by atoms with Crippen molar-refractivity contribution in [1.82, 2.24) is 0 Å². The van der Waals surface area contributed by atoms with Crippen molar-refractivity contribution in [2.24, 2.45) is 0 Å². The normalized spacial score (nSPS) is 22.4. The molecule has 1 aliphatic rings. The second kappa shape index (κ2) is 8.52. The molecule has 0 radical (unpaired) electrons. The van der Waals surface area contributed by atoms with Gasteiger partial charge in [0.1, 0.15) is 5.75 Å². The first-order valence-corrected chi connectivity index (χ1v) is 8.93. The third-order valence-electron chi connectivity index (χ3n) is 4.84. The van der Waals surface area contributed by atoms with Gasteiger partial charge in [0.05, 0.1) is 37.6 Å². The number of carboxylic acids is 1. The van der Waals surface area contributed by atoms with Crippen molar-refractivity contribution in [3.8, 4) is 5.75 Å². The molecule has 1 saturated heterocycles. The summed E-state index contributed by atoms with van der Waals surface area (Å²) >= 11 is 0. The monoisotopic (exact) mass is 372 g/mol. The SMILES string of the molecule is COc1ccc(Cc2ccc(C(=O)O)c([C@H]3C[C@@H](O)C[C@@H](CO)O3)c2)cc1. The van der Waals surface area contributed by atoms with E-state index in [0.29, 0.717) is 24.8 Å². The fourth-order valence-corrected chi connectivity index (χ4v) is 3.47. The minimum absolute atomic E-state index is 0.157. The standard InChI is InChI=1S/C21H24O6/c1-26-16-5-2-13(3-6-16)8-14-4-7-18(21(24)25)19(9-14)20-11-15(23)10-17(12-22)27-20/h2-7,9,15,17,20,22-23H,8,10-12H2,1H3,(H,24,25)/t15-,17-,20+/m0/s1. The topological polar surface area (TPSA) is 96.2 Å². The van der Waals surface area contributed by atoms with E-state index in [1.807, 2.05) is 30.3 Å². The molecule has 1 heterocycles. The quantitative estimate of drug-likeness (QED) is 0.721. The van der Waals surface area contributed by atoms with Gasteiger partial charge in [0.25, 0.3) is 0 Å². The Hall–Kier alpha value is -2.41. The Bertz CT molecular complexity index is 786. The van der Waals surface area contributed by atoms with E-state index >= 15 is 0 Å². The van der Waals surface area contributed by atoms with E-state index in [0.717, 1.165) is 16.9 Å². The average Bonchev–Trinajstić information content (AvgIpc) is 2.67. The van der Waals surface area contributed by atoms with Crippen molar-refractivity contribution in [1.29, 1.82) is 0 Å². The summed E-state index contributed by atoms with van der Waals surface area (Å²) in [6.07, 6.45) is -0.398. The summed E-state index contributed by atoms with van der Waals surface area (Å²) in [7, 11) is 1.62. The number of benzene rings is 2. The summed E-state index contributed by atoms with van der Waals surface area (Å²) in [5.74, 6) is -0.259. The summed E-state index contributed by atoms with van der Waals surface area (Å²) in [6.45, 7) is -0.207. The third kappa shape index (κ3) is 4.66. The van der Waals surface area contributed by atoms with Gasteiger partial charge < -0.3 is 24.8 Å². The molecule has 0 aromatic heterocycles. The molecular formula is C21H24O6.